The fraction of sp³-hybridized carbons (Fsp3) is 0.514. The van der Waals surface area contributed by atoms with E-state index in [0.29, 0.717) is 12.8 Å². The number of hydrogen-bond acceptors (Lipinski definition) is 9. The van der Waals surface area contributed by atoms with Crippen molar-refractivity contribution in [1.82, 2.24) is 10.6 Å². The Labute approximate surface area is 274 Å². The molecule has 2 aromatic carbocycles. The lowest BCUT2D eigenvalue weighted by atomic mass is 9.98. The van der Waals surface area contributed by atoms with Crippen molar-refractivity contribution >= 4 is 30.1 Å². The Hall–Kier alpha value is -4.61. The maximum atomic E-state index is 13.1. The van der Waals surface area contributed by atoms with Crippen LogP contribution in [0.25, 0.3) is 11.1 Å². The van der Waals surface area contributed by atoms with Crippen LogP contribution in [0, 0.1) is 0 Å². The molecule has 254 valence electrons. The summed E-state index contributed by atoms with van der Waals surface area (Å²) < 4.78 is 21.8. The van der Waals surface area contributed by atoms with Crippen LogP contribution in [-0.4, -0.2) is 71.7 Å². The SMILES string of the molecule is C[C@H](OC(=O)CC[C@H](NC(=O)OCC1c2ccccc2-c2ccccc21)C(=O)O)[C@H](NC(=O)OC(C)(C)C)C(=O)OC1CCCCC1. The van der Waals surface area contributed by atoms with E-state index in [2.05, 4.69) is 10.6 Å². The minimum Gasteiger partial charge on any atom is -0.480 e. The Bertz CT molecular complexity index is 1400. The van der Waals surface area contributed by atoms with Crippen molar-refractivity contribution in [2.45, 2.75) is 108 Å². The van der Waals surface area contributed by atoms with E-state index in [-0.39, 0.29) is 25.0 Å². The number of hydrogen-bond donors (Lipinski definition) is 3. The summed E-state index contributed by atoms with van der Waals surface area (Å²) in [4.78, 5) is 63.0. The van der Waals surface area contributed by atoms with Crippen molar-refractivity contribution in [2.75, 3.05) is 6.61 Å². The summed E-state index contributed by atoms with van der Waals surface area (Å²) in [5, 5.41) is 14.5. The third-order valence-electron chi connectivity index (χ3n) is 8.12. The number of esters is 2. The van der Waals surface area contributed by atoms with Crippen LogP contribution in [0.3, 0.4) is 0 Å². The van der Waals surface area contributed by atoms with Gasteiger partial charge in [0, 0.05) is 12.3 Å². The predicted octanol–water partition coefficient (Wildman–Crippen LogP) is 5.46. The lowest BCUT2D eigenvalue weighted by molar-refractivity contribution is -0.161. The molecule has 4 rings (SSSR count). The number of carboxylic acid groups (broad SMARTS) is 1. The van der Waals surface area contributed by atoms with Crippen LogP contribution < -0.4 is 10.6 Å². The average molecular weight is 653 g/mol. The predicted molar refractivity (Wildman–Crippen MR) is 171 cm³/mol. The van der Waals surface area contributed by atoms with E-state index >= 15 is 0 Å². The molecule has 0 radical (unpaired) electrons. The van der Waals surface area contributed by atoms with Gasteiger partial charge in [-0.2, -0.15) is 0 Å². The van der Waals surface area contributed by atoms with Crippen molar-refractivity contribution < 1.29 is 48.0 Å². The van der Waals surface area contributed by atoms with E-state index in [9.17, 15) is 29.1 Å². The Morgan fingerprint density at radius 2 is 1.47 bits per heavy atom. The first-order valence-corrected chi connectivity index (χ1v) is 16.1. The lowest BCUT2D eigenvalue weighted by Crippen LogP contribution is -2.52. The molecule has 2 aliphatic rings. The van der Waals surface area contributed by atoms with Gasteiger partial charge >= 0.3 is 30.1 Å². The summed E-state index contributed by atoms with van der Waals surface area (Å²) in [7, 11) is 0. The van der Waals surface area contributed by atoms with Crippen LogP contribution in [0.15, 0.2) is 48.5 Å². The van der Waals surface area contributed by atoms with Crippen LogP contribution in [0.1, 0.15) is 89.7 Å². The van der Waals surface area contributed by atoms with Gasteiger partial charge < -0.3 is 34.7 Å². The zero-order chi connectivity index (χ0) is 34.1. The summed E-state index contributed by atoms with van der Waals surface area (Å²) >= 11 is 0. The molecule has 3 N–H and O–H groups in total. The number of nitrogens with one attached hydrogen (secondary N) is 2. The summed E-state index contributed by atoms with van der Waals surface area (Å²) in [6.45, 7) is 6.42. The maximum Gasteiger partial charge on any atom is 0.408 e. The molecule has 0 aliphatic heterocycles. The van der Waals surface area contributed by atoms with Gasteiger partial charge in [0.15, 0.2) is 6.04 Å². The van der Waals surface area contributed by atoms with Crippen molar-refractivity contribution in [3.05, 3.63) is 59.7 Å². The highest BCUT2D eigenvalue weighted by Crippen LogP contribution is 2.44. The standard InChI is InChI=1S/C35H44N2O10/c1-21(30(37-34(43)47-35(2,3)4)32(41)46-22-12-6-5-7-13-22)45-29(38)19-18-28(31(39)40)36-33(42)44-20-27-25-16-10-8-14-23(25)24-15-9-11-17-26(24)27/h8-11,14-17,21-22,27-28,30H,5-7,12-13,18-20H2,1-4H3,(H,36,42)(H,37,43)(H,39,40)/t21-,28-,30-/m0/s1. The van der Waals surface area contributed by atoms with Crippen molar-refractivity contribution in [2.24, 2.45) is 0 Å². The first kappa shape index (κ1) is 35.2. The Kier molecular flexibility index (Phi) is 11.8. The van der Waals surface area contributed by atoms with E-state index < -0.39 is 60.3 Å². The molecule has 0 saturated heterocycles. The van der Waals surface area contributed by atoms with Crippen molar-refractivity contribution in [1.29, 1.82) is 0 Å². The molecule has 1 saturated carbocycles. The maximum absolute atomic E-state index is 13.1. The van der Waals surface area contributed by atoms with Gasteiger partial charge in [-0.25, -0.2) is 19.2 Å². The van der Waals surface area contributed by atoms with E-state index in [4.69, 9.17) is 18.9 Å². The fourth-order valence-corrected chi connectivity index (χ4v) is 5.86. The lowest BCUT2D eigenvalue weighted by Gasteiger charge is -2.29. The molecular formula is C35H44N2O10. The molecule has 0 spiro atoms. The van der Waals surface area contributed by atoms with Crippen molar-refractivity contribution in [3.8, 4) is 11.1 Å². The molecule has 12 heteroatoms. The van der Waals surface area contributed by atoms with Crippen LogP contribution in [-0.2, 0) is 33.3 Å². The molecule has 0 unspecified atom stereocenters. The quantitative estimate of drug-likeness (QED) is 0.198. The number of rotatable bonds is 12. The van der Waals surface area contributed by atoms with Crippen LogP contribution in [0.2, 0.25) is 0 Å². The highest BCUT2D eigenvalue weighted by atomic mass is 16.6. The number of fused-ring (bicyclic) bond motifs is 3. The van der Waals surface area contributed by atoms with Gasteiger partial charge in [0.1, 0.15) is 30.5 Å². The van der Waals surface area contributed by atoms with Crippen LogP contribution in [0.4, 0.5) is 9.59 Å². The van der Waals surface area contributed by atoms with E-state index in [0.717, 1.165) is 41.5 Å². The number of ether oxygens (including phenoxy) is 4. The van der Waals surface area contributed by atoms with Crippen LogP contribution >= 0.6 is 0 Å². The van der Waals surface area contributed by atoms with Gasteiger partial charge in [-0.15, -0.1) is 0 Å². The molecule has 0 heterocycles. The number of amides is 2. The smallest absolute Gasteiger partial charge is 0.408 e. The molecule has 2 amide bonds. The van der Waals surface area contributed by atoms with E-state index in [1.165, 1.54) is 6.92 Å². The van der Waals surface area contributed by atoms with Gasteiger partial charge in [-0.1, -0.05) is 55.0 Å². The van der Waals surface area contributed by atoms with Gasteiger partial charge in [0.05, 0.1) is 0 Å². The summed E-state index contributed by atoms with van der Waals surface area (Å²) in [6.07, 6.45) is 0.296. The van der Waals surface area contributed by atoms with Crippen LogP contribution in [0.5, 0.6) is 0 Å². The number of alkyl carbamates (subject to hydrolysis) is 2. The van der Waals surface area contributed by atoms with Gasteiger partial charge in [0.25, 0.3) is 0 Å². The fourth-order valence-electron chi connectivity index (χ4n) is 5.86. The van der Waals surface area contributed by atoms with Crippen molar-refractivity contribution in [3.63, 3.8) is 0 Å². The summed E-state index contributed by atoms with van der Waals surface area (Å²) in [5.74, 6) is -3.16. The summed E-state index contributed by atoms with van der Waals surface area (Å²) in [5.41, 5.74) is 3.29. The third-order valence-corrected chi connectivity index (χ3v) is 8.12. The first-order chi connectivity index (χ1) is 22.3. The van der Waals surface area contributed by atoms with E-state index in [1.54, 1.807) is 20.8 Å². The molecule has 3 atom stereocenters. The Balaban J connectivity index is 1.31. The Morgan fingerprint density at radius 3 is 2.04 bits per heavy atom. The molecular weight excluding hydrogens is 608 g/mol. The molecule has 2 aromatic rings. The van der Waals surface area contributed by atoms with Gasteiger partial charge in [-0.05, 0) is 82.1 Å². The normalized spacial score (nSPS) is 16.4. The first-order valence-electron chi connectivity index (χ1n) is 16.1. The second kappa shape index (κ2) is 15.8. The topological polar surface area (TPSA) is 167 Å². The highest BCUT2D eigenvalue weighted by molar-refractivity contribution is 5.84. The highest BCUT2D eigenvalue weighted by Gasteiger charge is 2.35. The summed E-state index contributed by atoms with van der Waals surface area (Å²) in [6, 6.07) is 12.8. The molecule has 1 fully saturated rings. The third kappa shape index (κ3) is 9.94. The van der Waals surface area contributed by atoms with Gasteiger partial charge in [0.2, 0.25) is 0 Å². The number of carbonyl (C=O) groups is 5. The monoisotopic (exact) mass is 652 g/mol. The number of carboxylic acids is 1. The van der Waals surface area contributed by atoms with Gasteiger partial charge in [-0.3, -0.25) is 4.79 Å². The second-order valence-corrected chi connectivity index (χ2v) is 12.9. The number of benzene rings is 2. The zero-order valence-corrected chi connectivity index (χ0v) is 27.3. The Morgan fingerprint density at radius 1 is 0.872 bits per heavy atom. The molecule has 12 nitrogen and oxygen atoms in total. The largest absolute Gasteiger partial charge is 0.480 e. The second-order valence-electron chi connectivity index (χ2n) is 12.9. The molecule has 2 aliphatic carbocycles. The molecule has 0 bridgehead atoms. The zero-order valence-electron chi connectivity index (χ0n) is 27.3. The molecule has 0 aromatic heterocycles. The number of carbonyl (C=O) groups excluding carboxylic acids is 4. The number of aliphatic carboxylic acids is 1. The minimum atomic E-state index is -1.44. The minimum absolute atomic E-state index is 0.00521. The molecule has 47 heavy (non-hydrogen) atoms. The van der Waals surface area contributed by atoms with E-state index in [1.807, 2.05) is 48.5 Å². The average Bonchev–Trinajstić information content (AvgIpc) is 3.33.